The van der Waals surface area contributed by atoms with Gasteiger partial charge in [0, 0.05) is 18.5 Å². The van der Waals surface area contributed by atoms with Crippen LogP contribution in [0.2, 0.25) is 0 Å². The van der Waals surface area contributed by atoms with Crippen LogP contribution >= 0.6 is 0 Å². The van der Waals surface area contributed by atoms with Crippen molar-refractivity contribution in [1.29, 1.82) is 0 Å². The van der Waals surface area contributed by atoms with Crippen LogP contribution in [0.15, 0.2) is 20.3 Å². The zero-order valence-electron chi connectivity index (χ0n) is 15.6. The Morgan fingerprint density at radius 3 is 2.82 bits per heavy atom. The lowest BCUT2D eigenvalue weighted by Gasteiger charge is -2.22. The molecule has 1 saturated carbocycles. The monoisotopic (exact) mass is 391 g/mol. The highest BCUT2D eigenvalue weighted by molar-refractivity contribution is 5.75. The van der Waals surface area contributed by atoms with Gasteiger partial charge < -0.3 is 9.51 Å². The first-order valence-electron chi connectivity index (χ1n) is 9.65. The molecule has 2 aromatic heterocycles. The van der Waals surface area contributed by atoms with Gasteiger partial charge in [-0.25, -0.2) is 10.3 Å². The summed E-state index contributed by atoms with van der Waals surface area (Å²) in [5.74, 6) is 0.0872. The standard InChI is InChI=1S/C18H25N5O5/c24-14(22-27)9-12(8-4-7-11-5-2-1-3-6-11)17-20-15(23-28-17)13-10-19-18(26)21-16(13)25/h10-12,27H,1-9H2,(H,22,24)(H2,19,21,25,26). The van der Waals surface area contributed by atoms with Crippen molar-refractivity contribution in [2.24, 2.45) is 5.92 Å². The highest BCUT2D eigenvalue weighted by Crippen LogP contribution is 2.31. The molecule has 28 heavy (non-hydrogen) atoms. The molecule has 1 fully saturated rings. The van der Waals surface area contributed by atoms with E-state index >= 15 is 0 Å². The van der Waals surface area contributed by atoms with Gasteiger partial charge in [-0.2, -0.15) is 4.98 Å². The molecule has 2 heterocycles. The number of hydrogen-bond donors (Lipinski definition) is 4. The maximum atomic E-state index is 11.9. The summed E-state index contributed by atoms with van der Waals surface area (Å²) in [5.41, 5.74) is 0.453. The quantitative estimate of drug-likeness (QED) is 0.395. The Kier molecular flexibility index (Phi) is 6.75. The second-order valence-electron chi connectivity index (χ2n) is 7.31. The number of carbonyl (C=O) groups is 1. The summed E-state index contributed by atoms with van der Waals surface area (Å²) in [4.78, 5) is 43.4. The molecule has 4 N–H and O–H groups in total. The van der Waals surface area contributed by atoms with E-state index in [0.717, 1.165) is 18.8 Å². The van der Waals surface area contributed by atoms with E-state index in [0.29, 0.717) is 6.42 Å². The van der Waals surface area contributed by atoms with Gasteiger partial charge in [0.2, 0.25) is 17.6 Å². The molecule has 152 valence electrons. The van der Waals surface area contributed by atoms with Crippen LogP contribution < -0.4 is 16.7 Å². The fraction of sp³-hybridized carbons (Fsp3) is 0.611. The first kappa shape index (κ1) is 20.0. The Labute approximate surface area is 160 Å². The molecule has 0 saturated heterocycles. The average molecular weight is 391 g/mol. The van der Waals surface area contributed by atoms with Gasteiger partial charge in [-0.1, -0.05) is 50.1 Å². The minimum absolute atomic E-state index is 0.00474. The molecule has 1 unspecified atom stereocenters. The van der Waals surface area contributed by atoms with Crippen molar-refractivity contribution in [1.82, 2.24) is 25.6 Å². The summed E-state index contributed by atoms with van der Waals surface area (Å²) in [6, 6.07) is 0. The highest BCUT2D eigenvalue weighted by atomic mass is 16.5. The van der Waals surface area contributed by atoms with Crippen LogP contribution in [0.25, 0.3) is 11.4 Å². The summed E-state index contributed by atoms with van der Waals surface area (Å²) in [7, 11) is 0. The van der Waals surface area contributed by atoms with Crippen LogP contribution in [0.4, 0.5) is 0 Å². The van der Waals surface area contributed by atoms with Crippen molar-refractivity contribution in [3.63, 3.8) is 0 Å². The molecule has 0 aliphatic heterocycles. The summed E-state index contributed by atoms with van der Waals surface area (Å²) in [5, 5.41) is 12.7. The van der Waals surface area contributed by atoms with Gasteiger partial charge in [0.1, 0.15) is 5.56 Å². The number of H-pyrrole nitrogens is 2. The zero-order chi connectivity index (χ0) is 19.9. The first-order valence-corrected chi connectivity index (χ1v) is 9.65. The molecule has 0 spiro atoms. The van der Waals surface area contributed by atoms with Gasteiger partial charge in [-0.05, 0) is 12.3 Å². The minimum atomic E-state index is -0.627. The van der Waals surface area contributed by atoms with E-state index in [9.17, 15) is 14.4 Å². The van der Waals surface area contributed by atoms with E-state index in [4.69, 9.17) is 9.73 Å². The van der Waals surface area contributed by atoms with Crippen molar-refractivity contribution in [2.75, 3.05) is 0 Å². The number of amides is 1. The molecule has 1 aliphatic carbocycles. The van der Waals surface area contributed by atoms with E-state index in [2.05, 4.69) is 20.1 Å². The van der Waals surface area contributed by atoms with Gasteiger partial charge in [0.05, 0.1) is 0 Å². The Hall–Kier alpha value is -2.75. The third-order valence-corrected chi connectivity index (χ3v) is 5.30. The Bertz CT molecular complexity index is 896. The lowest BCUT2D eigenvalue weighted by Crippen LogP contribution is -2.23. The zero-order valence-corrected chi connectivity index (χ0v) is 15.6. The Balaban J connectivity index is 1.70. The van der Waals surface area contributed by atoms with E-state index in [1.54, 1.807) is 5.48 Å². The number of nitrogens with zero attached hydrogens (tertiary/aromatic N) is 2. The van der Waals surface area contributed by atoms with Crippen LogP contribution in [0.5, 0.6) is 0 Å². The van der Waals surface area contributed by atoms with Crippen LogP contribution in [-0.4, -0.2) is 31.2 Å². The molecule has 1 aliphatic rings. The summed E-state index contributed by atoms with van der Waals surface area (Å²) in [6.45, 7) is 0. The van der Waals surface area contributed by atoms with Gasteiger partial charge in [0.25, 0.3) is 5.56 Å². The fourth-order valence-corrected chi connectivity index (χ4v) is 3.80. The average Bonchev–Trinajstić information content (AvgIpc) is 3.17. The SMILES string of the molecule is O=C(CC(CCCC1CCCCC1)c1nc(-c2c[nH]c(=O)[nH]c2=O)no1)NO. The largest absolute Gasteiger partial charge is 0.339 e. The molecule has 0 aromatic carbocycles. The summed E-state index contributed by atoms with van der Waals surface area (Å²) >= 11 is 0. The van der Waals surface area contributed by atoms with Crippen molar-refractivity contribution >= 4 is 5.91 Å². The van der Waals surface area contributed by atoms with Crippen LogP contribution in [0.3, 0.4) is 0 Å². The predicted octanol–water partition coefficient (Wildman–Crippen LogP) is 1.84. The topological polar surface area (TPSA) is 154 Å². The number of aromatic amines is 2. The van der Waals surface area contributed by atoms with E-state index < -0.39 is 17.2 Å². The molecule has 0 bridgehead atoms. The molecule has 1 amide bonds. The normalized spacial score (nSPS) is 16.0. The number of hydrogen-bond acceptors (Lipinski definition) is 7. The fourth-order valence-electron chi connectivity index (χ4n) is 3.80. The second kappa shape index (κ2) is 9.45. The van der Waals surface area contributed by atoms with Crippen LogP contribution in [-0.2, 0) is 4.79 Å². The Morgan fingerprint density at radius 2 is 2.11 bits per heavy atom. The summed E-state index contributed by atoms with van der Waals surface area (Å²) in [6.07, 6.45) is 10.2. The predicted molar refractivity (Wildman–Crippen MR) is 98.7 cm³/mol. The molecular formula is C18H25N5O5. The third-order valence-electron chi connectivity index (χ3n) is 5.30. The number of nitrogens with one attached hydrogen (secondary N) is 3. The van der Waals surface area contributed by atoms with Crippen molar-refractivity contribution in [2.45, 2.75) is 63.7 Å². The Morgan fingerprint density at radius 1 is 1.32 bits per heavy atom. The maximum absolute atomic E-state index is 11.9. The van der Waals surface area contributed by atoms with Crippen molar-refractivity contribution < 1.29 is 14.5 Å². The molecular weight excluding hydrogens is 366 g/mol. The lowest BCUT2D eigenvalue weighted by molar-refractivity contribution is -0.129. The smallest absolute Gasteiger partial charge is 0.325 e. The lowest BCUT2D eigenvalue weighted by atomic mass is 9.84. The van der Waals surface area contributed by atoms with Crippen molar-refractivity contribution in [3.05, 3.63) is 32.9 Å². The minimum Gasteiger partial charge on any atom is -0.339 e. The second-order valence-corrected chi connectivity index (χ2v) is 7.31. The summed E-state index contributed by atoms with van der Waals surface area (Å²) < 4.78 is 5.29. The van der Waals surface area contributed by atoms with Gasteiger partial charge in [0.15, 0.2) is 0 Å². The van der Waals surface area contributed by atoms with Crippen LogP contribution in [0.1, 0.15) is 69.6 Å². The molecule has 10 heteroatoms. The van der Waals surface area contributed by atoms with Crippen LogP contribution in [0, 0.1) is 5.92 Å². The molecule has 10 nitrogen and oxygen atoms in total. The number of carbonyl (C=O) groups excluding carboxylic acids is 1. The molecule has 1 atom stereocenters. The number of rotatable bonds is 8. The third kappa shape index (κ3) is 5.16. The van der Waals surface area contributed by atoms with Gasteiger partial charge in [-0.15, -0.1) is 0 Å². The van der Waals surface area contributed by atoms with Gasteiger partial charge >= 0.3 is 5.69 Å². The molecule has 3 rings (SSSR count). The van der Waals surface area contributed by atoms with E-state index in [-0.39, 0.29) is 29.6 Å². The van der Waals surface area contributed by atoms with E-state index in [1.165, 1.54) is 38.3 Å². The van der Waals surface area contributed by atoms with E-state index in [1.807, 2.05) is 0 Å². The first-order chi connectivity index (χ1) is 13.6. The highest BCUT2D eigenvalue weighted by Gasteiger charge is 2.24. The molecule has 0 radical (unpaired) electrons. The van der Waals surface area contributed by atoms with Crippen molar-refractivity contribution in [3.8, 4) is 11.4 Å². The number of hydroxylamine groups is 1. The van der Waals surface area contributed by atoms with Gasteiger partial charge in [-0.3, -0.25) is 19.8 Å². The molecule has 2 aromatic rings. The maximum Gasteiger partial charge on any atom is 0.325 e. The number of aromatic nitrogens is 4.